The van der Waals surface area contributed by atoms with Crippen LogP contribution in [0.5, 0.6) is 0 Å². The summed E-state index contributed by atoms with van der Waals surface area (Å²) in [4.78, 5) is 3.40. The van der Waals surface area contributed by atoms with Gasteiger partial charge in [-0.1, -0.05) is 25.1 Å². The van der Waals surface area contributed by atoms with E-state index >= 15 is 0 Å². The summed E-state index contributed by atoms with van der Waals surface area (Å²) in [5, 5.41) is 1.35. The van der Waals surface area contributed by atoms with Gasteiger partial charge in [-0.25, -0.2) is 6.07 Å². The maximum Gasteiger partial charge on any atom is 0.0486 e. The average molecular weight is 222 g/mol. The second-order valence-corrected chi connectivity index (χ2v) is 4.68. The zero-order valence-corrected chi connectivity index (χ0v) is 10.2. The summed E-state index contributed by atoms with van der Waals surface area (Å²) in [6, 6.07) is 15.1. The Kier molecular flexibility index (Phi) is 2.32. The van der Waals surface area contributed by atoms with Crippen LogP contribution >= 0.6 is 0 Å². The second-order valence-electron chi connectivity index (χ2n) is 4.68. The van der Waals surface area contributed by atoms with E-state index in [0.717, 1.165) is 0 Å². The number of fused-ring (bicyclic) bond motifs is 1. The number of aryl methyl sites for hydroxylation is 1. The molecule has 0 saturated heterocycles. The zero-order chi connectivity index (χ0) is 11.8. The molecule has 1 atom stereocenters. The Morgan fingerprint density at radius 1 is 1.24 bits per heavy atom. The Hall–Kier alpha value is -1.89. The van der Waals surface area contributed by atoms with E-state index in [9.17, 15) is 0 Å². The number of nitrogens with one attached hydrogen (secondary N) is 1. The molecule has 1 heteroatoms. The Morgan fingerprint density at radius 3 is 2.88 bits per heavy atom. The zero-order valence-electron chi connectivity index (χ0n) is 10.2. The van der Waals surface area contributed by atoms with Gasteiger partial charge in [0, 0.05) is 17.1 Å². The van der Waals surface area contributed by atoms with Gasteiger partial charge in [-0.3, -0.25) is 0 Å². The highest BCUT2D eigenvalue weighted by atomic mass is 14.7. The van der Waals surface area contributed by atoms with Crippen LogP contribution in [-0.4, -0.2) is 4.98 Å². The summed E-state index contributed by atoms with van der Waals surface area (Å²) in [5.41, 5.74) is 5.34. The van der Waals surface area contributed by atoms with Crippen LogP contribution in [0.25, 0.3) is 10.9 Å². The van der Waals surface area contributed by atoms with E-state index in [0.29, 0.717) is 5.92 Å². The first-order valence-electron chi connectivity index (χ1n) is 6.05. The lowest BCUT2D eigenvalue weighted by Crippen LogP contribution is -1.92. The SMILES string of the molecule is Cc1cccc2c(C(C)c3cc[cH-]c3)c[nH]c12. The number of benzene rings is 1. The fourth-order valence-corrected chi connectivity index (χ4v) is 2.54. The second kappa shape index (κ2) is 3.85. The molecule has 0 aliphatic heterocycles. The van der Waals surface area contributed by atoms with Crippen molar-refractivity contribution in [3.8, 4) is 0 Å². The van der Waals surface area contributed by atoms with Crippen molar-refractivity contribution in [2.45, 2.75) is 19.8 Å². The lowest BCUT2D eigenvalue weighted by Gasteiger charge is -2.15. The van der Waals surface area contributed by atoms with E-state index in [4.69, 9.17) is 0 Å². The van der Waals surface area contributed by atoms with Crippen LogP contribution in [-0.2, 0) is 0 Å². The van der Waals surface area contributed by atoms with E-state index in [1.807, 2.05) is 0 Å². The van der Waals surface area contributed by atoms with Crippen molar-refractivity contribution in [1.29, 1.82) is 0 Å². The molecule has 1 N–H and O–H groups in total. The lowest BCUT2D eigenvalue weighted by atomic mass is 9.94. The molecule has 0 saturated carbocycles. The number of para-hydroxylation sites is 1. The fraction of sp³-hybridized carbons (Fsp3) is 0.188. The summed E-state index contributed by atoms with van der Waals surface area (Å²) in [6.07, 6.45) is 2.15. The van der Waals surface area contributed by atoms with Crippen molar-refractivity contribution < 1.29 is 0 Å². The molecule has 1 unspecified atom stereocenters. The minimum atomic E-state index is 0.445. The van der Waals surface area contributed by atoms with Crippen molar-refractivity contribution in [1.82, 2.24) is 4.98 Å². The number of rotatable bonds is 2. The van der Waals surface area contributed by atoms with Crippen molar-refractivity contribution in [2.75, 3.05) is 0 Å². The van der Waals surface area contributed by atoms with Crippen LogP contribution < -0.4 is 0 Å². The molecule has 0 aliphatic rings. The molecule has 17 heavy (non-hydrogen) atoms. The van der Waals surface area contributed by atoms with Gasteiger partial charge in [-0.15, -0.1) is 0 Å². The van der Waals surface area contributed by atoms with Crippen LogP contribution in [0.1, 0.15) is 29.5 Å². The van der Waals surface area contributed by atoms with Crippen molar-refractivity contribution in [2.24, 2.45) is 0 Å². The maximum atomic E-state index is 3.40. The lowest BCUT2D eigenvalue weighted by molar-refractivity contribution is 0.937. The predicted molar refractivity (Wildman–Crippen MR) is 72.6 cm³/mol. The first-order chi connectivity index (χ1) is 8.27. The third-order valence-corrected chi connectivity index (χ3v) is 3.61. The van der Waals surface area contributed by atoms with Gasteiger partial charge in [0.15, 0.2) is 0 Å². The molecule has 0 spiro atoms. The van der Waals surface area contributed by atoms with Crippen LogP contribution in [0.15, 0.2) is 48.7 Å². The Labute approximate surface area is 101 Å². The van der Waals surface area contributed by atoms with Crippen molar-refractivity contribution >= 4 is 10.9 Å². The normalized spacial score (nSPS) is 13.1. The Morgan fingerprint density at radius 2 is 2.12 bits per heavy atom. The van der Waals surface area contributed by atoms with E-state index in [2.05, 4.69) is 67.5 Å². The molecule has 3 aromatic rings. The van der Waals surface area contributed by atoms with Gasteiger partial charge in [0.1, 0.15) is 0 Å². The summed E-state index contributed by atoms with van der Waals surface area (Å²) < 4.78 is 0. The van der Waals surface area contributed by atoms with Gasteiger partial charge in [0.2, 0.25) is 0 Å². The highest BCUT2D eigenvalue weighted by molar-refractivity contribution is 5.86. The smallest absolute Gasteiger partial charge is 0.0486 e. The van der Waals surface area contributed by atoms with E-state index in [-0.39, 0.29) is 0 Å². The molecule has 0 bridgehead atoms. The standard InChI is InChI=1S/C16H16N/c1-11-6-5-9-14-15(10-17-16(11)14)12(2)13-7-3-4-8-13/h3-10,12,17H,1-2H3/q-1. The molecule has 0 amide bonds. The summed E-state index contributed by atoms with van der Waals surface area (Å²) in [7, 11) is 0. The van der Waals surface area contributed by atoms with Crippen molar-refractivity contribution in [3.05, 3.63) is 65.4 Å². The van der Waals surface area contributed by atoms with Gasteiger partial charge < -0.3 is 4.98 Å². The van der Waals surface area contributed by atoms with Gasteiger partial charge >= 0.3 is 0 Å². The molecule has 1 aromatic heterocycles. The molecule has 1 heterocycles. The van der Waals surface area contributed by atoms with Gasteiger partial charge in [0.05, 0.1) is 0 Å². The highest BCUT2D eigenvalue weighted by Crippen LogP contribution is 2.31. The maximum absolute atomic E-state index is 3.40. The van der Waals surface area contributed by atoms with Gasteiger partial charge in [-0.2, -0.15) is 23.8 Å². The first kappa shape index (κ1) is 10.3. The summed E-state index contributed by atoms with van der Waals surface area (Å²) in [5.74, 6) is 0.445. The molecular weight excluding hydrogens is 206 g/mol. The van der Waals surface area contributed by atoms with Crippen LogP contribution in [0.4, 0.5) is 0 Å². The minimum absolute atomic E-state index is 0.445. The molecule has 0 fully saturated rings. The van der Waals surface area contributed by atoms with E-state index < -0.39 is 0 Å². The molecule has 3 rings (SSSR count). The summed E-state index contributed by atoms with van der Waals surface area (Å²) in [6.45, 7) is 4.41. The number of aromatic amines is 1. The molecule has 0 radical (unpaired) electrons. The third-order valence-electron chi connectivity index (χ3n) is 3.61. The van der Waals surface area contributed by atoms with Crippen LogP contribution in [0.3, 0.4) is 0 Å². The molecule has 0 aliphatic carbocycles. The van der Waals surface area contributed by atoms with Gasteiger partial charge in [0.25, 0.3) is 0 Å². The molecule has 1 nitrogen and oxygen atoms in total. The topological polar surface area (TPSA) is 15.8 Å². The fourth-order valence-electron chi connectivity index (χ4n) is 2.54. The van der Waals surface area contributed by atoms with Crippen molar-refractivity contribution in [3.63, 3.8) is 0 Å². The Balaban J connectivity index is 2.15. The number of hydrogen-bond acceptors (Lipinski definition) is 0. The van der Waals surface area contributed by atoms with Crippen LogP contribution in [0.2, 0.25) is 0 Å². The highest BCUT2D eigenvalue weighted by Gasteiger charge is 2.10. The van der Waals surface area contributed by atoms with Gasteiger partial charge in [-0.05, 0) is 24.0 Å². The predicted octanol–water partition coefficient (Wildman–Crippen LogP) is 4.35. The number of hydrogen-bond donors (Lipinski definition) is 1. The number of H-pyrrole nitrogens is 1. The van der Waals surface area contributed by atoms with E-state index in [1.165, 1.54) is 27.6 Å². The molecule has 86 valence electrons. The third kappa shape index (κ3) is 1.59. The molecule has 2 aromatic carbocycles. The average Bonchev–Trinajstić information content (AvgIpc) is 2.98. The molecular formula is C16H16N-. The minimum Gasteiger partial charge on any atom is -0.361 e. The quantitative estimate of drug-likeness (QED) is 0.620. The monoisotopic (exact) mass is 222 g/mol. The summed E-state index contributed by atoms with van der Waals surface area (Å²) >= 11 is 0. The largest absolute Gasteiger partial charge is 0.361 e. The first-order valence-corrected chi connectivity index (χ1v) is 6.05. The van der Waals surface area contributed by atoms with E-state index in [1.54, 1.807) is 0 Å². The Bertz CT molecular complexity index is 629. The number of aromatic nitrogens is 1. The van der Waals surface area contributed by atoms with Crippen LogP contribution in [0, 0.1) is 6.92 Å².